The molecule has 6 heteroatoms. The summed E-state index contributed by atoms with van der Waals surface area (Å²) in [5.41, 5.74) is 5.10. The van der Waals surface area contributed by atoms with Crippen molar-refractivity contribution >= 4 is 10.2 Å². The molecule has 0 bridgehead atoms. The molecular formula is C9H13N3O2S. The lowest BCUT2D eigenvalue weighted by atomic mass is 10.1. The molecule has 0 aliphatic heterocycles. The number of nitrogens with one attached hydrogen (secondary N) is 2. The minimum absolute atomic E-state index is 0.0134. The molecule has 0 spiro atoms. The molecule has 0 heterocycles. The quantitative estimate of drug-likeness (QED) is 0.634. The van der Waals surface area contributed by atoms with Gasteiger partial charge in [-0.2, -0.15) is 8.42 Å². The van der Waals surface area contributed by atoms with Gasteiger partial charge in [0.2, 0.25) is 0 Å². The molecule has 0 amide bonds. The summed E-state index contributed by atoms with van der Waals surface area (Å²) in [5.74, 6) is 0. The van der Waals surface area contributed by atoms with Gasteiger partial charge in [-0.15, -0.1) is 4.83 Å². The van der Waals surface area contributed by atoms with Gasteiger partial charge in [-0.05, 0) is 24.0 Å². The van der Waals surface area contributed by atoms with E-state index in [1.807, 2.05) is 24.3 Å². The molecule has 1 aromatic carbocycles. The van der Waals surface area contributed by atoms with Crippen LogP contribution in [0.4, 0.5) is 0 Å². The Morgan fingerprint density at radius 3 is 2.80 bits per heavy atom. The normalized spacial score (nSPS) is 20.2. The van der Waals surface area contributed by atoms with Crippen LogP contribution >= 0.6 is 0 Å². The zero-order valence-electron chi connectivity index (χ0n) is 8.10. The minimum atomic E-state index is -3.68. The summed E-state index contributed by atoms with van der Waals surface area (Å²) in [5, 5.41) is 4.83. The monoisotopic (exact) mass is 227 g/mol. The van der Waals surface area contributed by atoms with Gasteiger partial charge in [-0.25, -0.2) is 10.6 Å². The van der Waals surface area contributed by atoms with Gasteiger partial charge in [-0.3, -0.25) is 0 Å². The van der Waals surface area contributed by atoms with E-state index >= 15 is 0 Å². The fourth-order valence-electron chi connectivity index (χ4n) is 1.86. The van der Waals surface area contributed by atoms with Crippen LogP contribution < -0.4 is 15.4 Å². The second-order valence-electron chi connectivity index (χ2n) is 3.58. The molecule has 4 N–H and O–H groups in total. The molecule has 0 aromatic heterocycles. The molecule has 0 saturated carbocycles. The Balaban J connectivity index is 2.08. The van der Waals surface area contributed by atoms with E-state index in [1.165, 1.54) is 5.56 Å². The number of aryl methyl sites for hydroxylation is 1. The van der Waals surface area contributed by atoms with Gasteiger partial charge in [0.25, 0.3) is 10.2 Å². The third-order valence-corrected chi connectivity index (χ3v) is 2.91. The Bertz CT molecular complexity index is 458. The summed E-state index contributed by atoms with van der Waals surface area (Å²) in [4.78, 5) is 2.10. The van der Waals surface area contributed by atoms with Crippen LogP contribution in [0.1, 0.15) is 23.6 Å². The first-order chi connectivity index (χ1) is 7.06. The summed E-state index contributed by atoms with van der Waals surface area (Å²) in [6.07, 6.45) is 1.84. The number of benzene rings is 1. The zero-order chi connectivity index (χ0) is 10.9. The van der Waals surface area contributed by atoms with Crippen molar-refractivity contribution in [1.82, 2.24) is 10.3 Å². The zero-order valence-corrected chi connectivity index (χ0v) is 8.92. The van der Waals surface area contributed by atoms with Crippen molar-refractivity contribution in [3.63, 3.8) is 0 Å². The van der Waals surface area contributed by atoms with Crippen molar-refractivity contribution in [2.45, 2.75) is 18.9 Å². The largest absolute Gasteiger partial charge is 0.287 e. The number of hydrogen-bond acceptors (Lipinski definition) is 3. The van der Waals surface area contributed by atoms with Crippen molar-refractivity contribution in [2.75, 3.05) is 0 Å². The molecule has 5 nitrogen and oxygen atoms in total. The topological polar surface area (TPSA) is 84.2 Å². The van der Waals surface area contributed by atoms with Crippen LogP contribution in [0.15, 0.2) is 24.3 Å². The van der Waals surface area contributed by atoms with Crippen LogP contribution in [-0.2, 0) is 16.6 Å². The van der Waals surface area contributed by atoms with Crippen LogP contribution in [-0.4, -0.2) is 8.42 Å². The molecular weight excluding hydrogens is 214 g/mol. The highest BCUT2D eigenvalue weighted by Gasteiger charge is 2.22. The lowest BCUT2D eigenvalue weighted by molar-refractivity contribution is 0.490. The number of rotatable bonds is 3. The summed E-state index contributed by atoms with van der Waals surface area (Å²) in [6.45, 7) is 0. The maximum absolute atomic E-state index is 10.7. The van der Waals surface area contributed by atoms with E-state index in [0.717, 1.165) is 18.4 Å². The lowest BCUT2D eigenvalue weighted by Gasteiger charge is -2.13. The van der Waals surface area contributed by atoms with E-state index in [9.17, 15) is 8.42 Å². The van der Waals surface area contributed by atoms with E-state index in [1.54, 1.807) is 0 Å². The number of hydrogen-bond donors (Lipinski definition) is 3. The molecule has 0 saturated heterocycles. The van der Waals surface area contributed by atoms with E-state index in [4.69, 9.17) is 5.14 Å². The van der Waals surface area contributed by atoms with Gasteiger partial charge < -0.3 is 0 Å². The first kappa shape index (κ1) is 10.6. The fourth-order valence-corrected chi connectivity index (χ4v) is 2.17. The van der Waals surface area contributed by atoms with Crippen molar-refractivity contribution in [1.29, 1.82) is 0 Å². The molecule has 1 aromatic rings. The summed E-state index contributed by atoms with van der Waals surface area (Å²) >= 11 is 0. The molecule has 82 valence electrons. The Morgan fingerprint density at radius 1 is 1.33 bits per heavy atom. The summed E-state index contributed by atoms with van der Waals surface area (Å²) in [6, 6.07) is 7.97. The van der Waals surface area contributed by atoms with Crippen LogP contribution in [0.5, 0.6) is 0 Å². The molecule has 1 aliphatic carbocycles. The number of fused-ring (bicyclic) bond motifs is 1. The third kappa shape index (κ3) is 2.54. The van der Waals surface area contributed by atoms with E-state index in [2.05, 4.69) is 10.3 Å². The highest BCUT2D eigenvalue weighted by molar-refractivity contribution is 7.87. The lowest BCUT2D eigenvalue weighted by Crippen LogP contribution is -2.43. The Hall–Kier alpha value is -0.950. The molecule has 0 fully saturated rings. The van der Waals surface area contributed by atoms with Gasteiger partial charge >= 0.3 is 0 Å². The van der Waals surface area contributed by atoms with E-state index in [0.29, 0.717) is 0 Å². The first-order valence-corrected chi connectivity index (χ1v) is 6.24. The second kappa shape index (κ2) is 3.90. The first-order valence-electron chi connectivity index (χ1n) is 4.69. The standard InChI is InChI=1S/C9H13N3O2S/c10-15(13,14)12-11-9-6-5-7-3-1-2-4-8(7)9/h1-4,9,11-12H,5-6H2,(H2,10,13,14). The van der Waals surface area contributed by atoms with Gasteiger partial charge in [0.05, 0.1) is 0 Å². The predicted molar refractivity (Wildman–Crippen MR) is 56.9 cm³/mol. The summed E-state index contributed by atoms with van der Waals surface area (Å²) < 4.78 is 21.4. The molecule has 1 aliphatic rings. The molecule has 1 unspecified atom stereocenters. The Labute approximate surface area is 88.8 Å². The smallest absolute Gasteiger partial charge is 0.236 e. The van der Waals surface area contributed by atoms with Crippen LogP contribution in [0, 0.1) is 0 Å². The highest BCUT2D eigenvalue weighted by Crippen LogP contribution is 2.29. The maximum Gasteiger partial charge on any atom is 0.287 e. The van der Waals surface area contributed by atoms with Gasteiger partial charge in [0.1, 0.15) is 0 Å². The molecule has 1 atom stereocenters. The summed E-state index contributed by atoms with van der Waals surface area (Å²) in [7, 11) is -3.68. The number of hydrazine groups is 1. The van der Waals surface area contributed by atoms with Gasteiger partial charge in [0, 0.05) is 6.04 Å². The average molecular weight is 227 g/mol. The van der Waals surface area contributed by atoms with Crippen LogP contribution in [0.3, 0.4) is 0 Å². The fraction of sp³-hybridized carbons (Fsp3) is 0.333. The Morgan fingerprint density at radius 2 is 2.07 bits per heavy atom. The Kier molecular flexibility index (Phi) is 2.74. The molecule has 15 heavy (non-hydrogen) atoms. The predicted octanol–water partition coefficient (Wildman–Crippen LogP) is -0.0284. The van der Waals surface area contributed by atoms with Crippen LogP contribution in [0.2, 0.25) is 0 Å². The van der Waals surface area contributed by atoms with E-state index < -0.39 is 10.2 Å². The maximum atomic E-state index is 10.7. The third-order valence-electron chi connectivity index (χ3n) is 2.51. The van der Waals surface area contributed by atoms with Gasteiger partial charge in [0.15, 0.2) is 0 Å². The highest BCUT2D eigenvalue weighted by atomic mass is 32.2. The molecule has 0 radical (unpaired) electrons. The second-order valence-corrected chi connectivity index (χ2v) is 4.88. The SMILES string of the molecule is NS(=O)(=O)NNC1CCc2ccccc21. The van der Waals surface area contributed by atoms with Crippen molar-refractivity contribution in [3.8, 4) is 0 Å². The molecule has 2 rings (SSSR count). The van der Waals surface area contributed by atoms with Crippen LogP contribution in [0.25, 0.3) is 0 Å². The average Bonchev–Trinajstić information content (AvgIpc) is 2.57. The number of nitrogens with two attached hydrogens (primary N) is 1. The van der Waals surface area contributed by atoms with Crippen molar-refractivity contribution in [3.05, 3.63) is 35.4 Å². The minimum Gasteiger partial charge on any atom is -0.236 e. The van der Waals surface area contributed by atoms with Gasteiger partial charge in [-0.1, -0.05) is 24.3 Å². The van der Waals surface area contributed by atoms with Crippen molar-refractivity contribution in [2.24, 2.45) is 5.14 Å². The van der Waals surface area contributed by atoms with Crippen molar-refractivity contribution < 1.29 is 8.42 Å². The van der Waals surface area contributed by atoms with E-state index in [-0.39, 0.29) is 6.04 Å².